The highest BCUT2D eigenvalue weighted by atomic mass is 16.3. The number of rotatable bonds is 2. The van der Waals surface area contributed by atoms with Gasteiger partial charge in [0.1, 0.15) is 0 Å². The van der Waals surface area contributed by atoms with Crippen LogP contribution >= 0.6 is 0 Å². The summed E-state index contributed by atoms with van der Waals surface area (Å²) >= 11 is 0. The molecule has 0 bridgehead atoms. The maximum atomic E-state index is 9.28. The molecule has 4 nitrogen and oxygen atoms in total. The van der Waals surface area contributed by atoms with Gasteiger partial charge in [0, 0.05) is 40.6 Å². The molecular formula is C13H15N3O. The molecule has 1 aliphatic carbocycles. The third kappa shape index (κ3) is 1.80. The van der Waals surface area contributed by atoms with Crippen molar-refractivity contribution < 1.29 is 5.11 Å². The lowest BCUT2D eigenvalue weighted by molar-refractivity contribution is 0.0837. The van der Waals surface area contributed by atoms with Crippen molar-refractivity contribution in [2.75, 3.05) is 11.1 Å². The summed E-state index contributed by atoms with van der Waals surface area (Å²) < 4.78 is 0. The zero-order chi connectivity index (χ0) is 11.8. The van der Waals surface area contributed by atoms with Gasteiger partial charge in [-0.1, -0.05) is 0 Å². The summed E-state index contributed by atoms with van der Waals surface area (Å²) in [5.74, 6) is 0. The number of nitrogens with two attached hydrogens (primary N) is 1. The zero-order valence-electron chi connectivity index (χ0n) is 9.43. The molecule has 0 unspecified atom stereocenters. The highest BCUT2D eigenvalue weighted by Crippen LogP contribution is 2.31. The van der Waals surface area contributed by atoms with Crippen LogP contribution < -0.4 is 11.1 Å². The van der Waals surface area contributed by atoms with Crippen LogP contribution in [-0.4, -0.2) is 22.2 Å². The highest BCUT2D eigenvalue weighted by Gasteiger charge is 2.27. The zero-order valence-corrected chi connectivity index (χ0v) is 9.43. The number of fused-ring (bicyclic) bond motifs is 1. The van der Waals surface area contributed by atoms with Crippen molar-refractivity contribution in [1.29, 1.82) is 0 Å². The van der Waals surface area contributed by atoms with Gasteiger partial charge in [0.05, 0.1) is 6.10 Å². The van der Waals surface area contributed by atoms with Gasteiger partial charge < -0.3 is 16.2 Å². The number of hydrogen-bond acceptors (Lipinski definition) is 4. The number of nitrogens with zero attached hydrogens (tertiary/aromatic N) is 1. The van der Waals surface area contributed by atoms with Crippen LogP contribution in [0, 0.1) is 0 Å². The molecule has 17 heavy (non-hydrogen) atoms. The molecule has 0 radical (unpaired) electrons. The van der Waals surface area contributed by atoms with Crippen molar-refractivity contribution in [3.63, 3.8) is 0 Å². The Bertz CT molecular complexity index is 549. The minimum absolute atomic E-state index is 0.148. The highest BCUT2D eigenvalue weighted by molar-refractivity contribution is 6.00. The first-order valence-corrected chi connectivity index (χ1v) is 5.81. The van der Waals surface area contributed by atoms with E-state index in [1.165, 1.54) is 0 Å². The molecule has 0 amide bonds. The van der Waals surface area contributed by atoms with Crippen molar-refractivity contribution >= 4 is 22.1 Å². The van der Waals surface area contributed by atoms with Gasteiger partial charge in [0.25, 0.3) is 0 Å². The number of pyridine rings is 1. The minimum Gasteiger partial charge on any atom is -0.398 e. The lowest BCUT2D eigenvalue weighted by Gasteiger charge is -2.33. The van der Waals surface area contributed by atoms with E-state index < -0.39 is 0 Å². The van der Waals surface area contributed by atoms with Crippen LogP contribution in [0.4, 0.5) is 11.4 Å². The average molecular weight is 229 g/mol. The molecule has 1 aromatic carbocycles. The van der Waals surface area contributed by atoms with E-state index in [0.717, 1.165) is 35.0 Å². The van der Waals surface area contributed by atoms with Gasteiger partial charge in [-0.3, -0.25) is 4.98 Å². The van der Waals surface area contributed by atoms with Gasteiger partial charge in [-0.05, 0) is 31.0 Å². The third-order valence-corrected chi connectivity index (χ3v) is 3.32. The monoisotopic (exact) mass is 229 g/mol. The Labute approximate surface area is 99.5 Å². The number of nitrogen functional groups attached to an aromatic ring is 1. The van der Waals surface area contributed by atoms with Crippen LogP contribution in [0.25, 0.3) is 10.8 Å². The van der Waals surface area contributed by atoms with Crippen molar-refractivity contribution in [2.45, 2.75) is 25.0 Å². The summed E-state index contributed by atoms with van der Waals surface area (Å²) in [6, 6.07) is 6.16. The molecule has 4 heteroatoms. The quantitative estimate of drug-likeness (QED) is 0.686. The van der Waals surface area contributed by atoms with Gasteiger partial charge >= 0.3 is 0 Å². The standard InChI is InChI=1S/C13H15N3O/c14-12-1-2-13(16-8-5-9(17)6-8)11-7-15-4-3-10(11)12/h1-4,7-9,16-17H,5-6,14H2. The summed E-state index contributed by atoms with van der Waals surface area (Å²) in [4.78, 5) is 4.14. The first-order valence-electron chi connectivity index (χ1n) is 5.81. The first-order chi connectivity index (χ1) is 8.24. The van der Waals surface area contributed by atoms with Gasteiger partial charge in [0.15, 0.2) is 0 Å². The fraction of sp³-hybridized carbons (Fsp3) is 0.308. The molecule has 88 valence electrons. The summed E-state index contributed by atoms with van der Waals surface area (Å²) in [5, 5.41) is 14.8. The molecule has 3 rings (SSSR count). The lowest BCUT2D eigenvalue weighted by Crippen LogP contribution is -2.38. The largest absolute Gasteiger partial charge is 0.398 e. The van der Waals surface area contributed by atoms with Crippen LogP contribution in [0.5, 0.6) is 0 Å². The molecule has 0 atom stereocenters. The predicted molar refractivity (Wildman–Crippen MR) is 68.8 cm³/mol. The Hall–Kier alpha value is -1.81. The number of aromatic nitrogens is 1. The van der Waals surface area contributed by atoms with E-state index in [1.807, 2.05) is 24.4 Å². The van der Waals surface area contributed by atoms with Crippen LogP contribution in [0.1, 0.15) is 12.8 Å². The summed E-state index contributed by atoms with van der Waals surface area (Å²) in [5.41, 5.74) is 7.74. The van der Waals surface area contributed by atoms with E-state index in [1.54, 1.807) is 6.20 Å². The number of anilines is 2. The molecule has 1 heterocycles. The molecule has 1 fully saturated rings. The lowest BCUT2D eigenvalue weighted by atomic mass is 9.89. The fourth-order valence-corrected chi connectivity index (χ4v) is 2.26. The second-order valence-electron chi connectivity index (χ2n) is 4.59. The van der Waals surface area contributed by atoms with E-state index in [0.29, 0.717) is 6.04 Å². The van der Waals surface area contributed by atoms with Crippen LogP contribution in [-0.2, 0) is 0 Å². The molecule has 1 aromatic heterocycles. The molecule has 2 aromatic rings. The first kappa shape index (κ1) is 10.4. The number of nitrogens with one attached hydrogen (secondary N) is 1. The van der Waals surface area contributed by atoms with Crippen molar-refractivity contribution in [1.82, 2.24) is 4.98 Å². The van der Waals surface area contributed by atoms with Crippen molar-refractivity contribution in [3.05, 3.63) is 30.6 Å². The second kappa shape index (κ2) is 3.89. The molecule has 0 saturated heterocycles. The van der Waals surface area contributed by atoms with Gasteiger partial charge in [-0.25, -0.2) is 0 Å². The second-order valence-corrected chi connectivity index (χ2v) is 4.59. The maximum Gasteiger partial charge on any atom is 0.0579 e. The Morgan fingerprint density at radius 2 is 2.06 bits per heavy atom. The molecular weight excluding hydrogens is 214 g/mol. The number of aliphatic hydroxyl groups excluding tert-OH is 1. The smallest absolute Gasteiger partial charge is 0.0579 e. The topological polar surface area (TPSA) is 71.2 Å². The molecule has 1 saturated carbocycles. The van der Waals surface area contributed by atoms with Crippen LogP contribution in [0.3, 0.4) is 0 Å². The molecule has 0 spiro atoms. The molecule has 1 aliphatic rings. The normalized spacial score (nSPS) is 23.4. The van der Waals surface area contributed by atoms with E-state index in [9.17, 15) is 5.11 Å². The molecule has 4 N–H and O–H groups in total. The fourth-order valence-electron chi connectivity index (χ4n) is 2.26. The van der Waals surface area contributed by atoms with Crippen molar-refractivity contribution in [2.24, 2.45) is 0 Å². The van der Waals surface area contributed by atoms with E-state index >= 15 is 0 Å². The Kier molecular flexibility index (Phi) is 2.37. The Morgan fingerprint density at radius 1 is 1.24 bits per heavy atom. The maximum absolute atomic E-state index is 9.28. The van der Waals surface area contributed by atoms with E-state index in [2.05, 4.69) is 10.3 Å². The minimum atomic E-state index is -0.148. The van der Waals surface area contributed by atoms with E-state index in [4.69, 9.17) is 5.73 Å². The summed E-state index contributed by atoms with van der Waals surface area (Å²) in [7, 11) is 0. The predicted octanol–water partition coefficient (Wildman–Crippen LogP) is 1.75. The third-order valence-electron chi connectivity index (χ3n) is 3.32. The average Bonchev–Trinajstić information content (AvgIpc) is 2.31. The molecule has 0 aliphatic heterocycles. The number of hydrogen-bond donors (Lipinski definition) is 3. The van der Waals surface area contributed by atoms with Crippen LogP contribution in [0.2, 0.25) is 0 Å². The number of aliphatic hydroxyl groups is 1. The van der Waals surface area contributed by atoms with Gasteiger partial charge in [0.2, 0.25) is 0 Å². The van der Waals surface area contributed by atoms with Gasteiger partial charge in [-0.15, -0.1) is 0 Å². The van der Waals surface area contributed by atoms with E-state index in [-0.39, 0.29) is 6.10 Å². The summed E-state index contributed by atoms with van der Waals surface area (Å²) in [6.45, 7) is 0. The Morgan fingerprint density at radius 3 is 2.82 bits per heavy atom. The summed E-state index contributed by atoms with van der Waals surface area (Å²) in [6.07, 6.45) is 5.04. The Balaban J connectivity index is 1.96. The SMILES string of the molecule is Nc1ccc(NC2CC(O)C2)c2cnccc12. The van der Waals surface area contributed by atoms with Crippen molar-refractivity contribution in [3.8, 4) is 0 Å². The van der Waals surface area contributed by atoms with Crippen LogP contribution in [0.15, 0.2) is 30.6 Å². The number of benzene rings is 1. The van der Waals surface area contributed by atoms with Gasteiger partial charge in [-0.2, -0.15) is 0 Å².